The van der Waals surface area contributed by atoms with Gasteiger partial charge in [0, 0.05) is 24.3 Å². The molecule has 1 aliphatic heterocycles. The maximum absolute atomic E-state index is 11.5. The number of carbonyl (C=O) groups excluding carboxylic acids is 1. The van der Waals surface area contributed by atoms with Crippen LogP contribution in [0.2, 0.25) is 0 Å². The van der Waals surface area contributed by atoms with Gasteiger partial charge >= 0.3 is 0 Å². The zero-order valence-electron chi connectivity index (χ0n) is 11.5. The third-order valence-electron chi connectivity index (χ3n) is 4.28. The van der Waals surface area contributed by atoms with Gasteiger partial charge in [-0.3, -0.25) is 4.79 Å². The molecule has 0 aromatic carbocycles. The Bertz CT molecular complexity index is 534. The number of aryl methyl sites for hydroxylation is 1. The van der Waals surface area contributed by atoms with Crippen LogP contribution in [0.5, 0.6) is 0 Å². The van der Waals surface area contributed by atoms with Gasteiger partial charge in [0.15, 0.2) is 0 Å². The molecule has 0 spiro atoms. The SMILES string of the molecule is Cc1ccc(C(N)=O)c(NC2C(N)C3CCCOC32)n1. The number of hydrogen-bond acceptors (Lipinski definition) is 5. The molecule has 20 heavy (non-hydrogen) atoms. The molecule has 1 amide bonds. The molecule has 1 saturated heterocycles. The number of nitrogens with zero attached hydrogens (tertiary/aromatic N) is 1. The van der Waals surface area contributed by atoms with Gasteiger partial charge in [0.2, 0.25) is 0 Å². The Hall–Kier alpha value is -1.66. The summed E-state index contributed by atoms with van der Waals surface area (Å²) in [6.07, 6.45) is 2.28. The first kappa shape index (κ1) is 13.3. The van der Waals surface area contributed by atoms with Crippen molar-refractivity contribution in [2.24, 2.45) is 17.4 Å². The fraction of sp³-hybridized carbons (Fsp3) is 0.571. The monoisotopic (exact) mass is 276 g/mol. The van der Waals surface area contributed by atoms with Crippen LogP contribution in [0.15, 0.2) is 12.1 Å². The van der Waals surface area contributed by atoms with E-state index in [1.54, 1.807) is 12.1 Å². The molecular formula is C14H20N4O2. The van der Waals surface area contributed by atoms with Gasteiger partial charge in [-0.05, 0) is 31.9 Å². The van der Waals surface area contributed by atoms with E-state index in [0.29, 0.717) is 17.3 Å². The lowest BCUT2D eigenvalue weighted by atomic mass is 9.68. The largest absolute Gasteiger partial charge is 0.376 e. The molecular weight excluding hydrogens is 256 g/mol. The first-order chi connectivity index (χ1) is 9.58. The highest BCUT2D eigenvalue weighted by atomic mass is 16.5. The van der Waals surface area contributed by atoms with Crippen molar-refractivity contribution in [3.63, 3.8) is 0 Å². The quantitative estimate of drug-likeness (QED) is 0.741. The van der Waals surface area contributed by atoms with Crippen LogP contribution in [-0.4, -0.2) is 35.7 Å². The molecule has 1 saturated carbocycles. The molecule has 1 aromatic rings. The lowest BCUT2D eigenvalue weighted by Crippen LogP contribution is -2.69. The number of nitrogens with one attached hydrogen (secondary N) is 1. The van der Waals surface area contributed by atoms with E-state index in [2.05, 4.69) is 10.3 Å². The number of hydrogen-bond donors (Lipinski definition) is 3. The van der Waals surface area contributed by atoms with E-state index in [1.807, 2.05) is 6.92 Å². The van der Waals surface area contributed by atoms with Gasteiger partial charge in [0.05, 0.1) is 17.7 Å². The highest BCUT2D eigenvalue weighted by Gasteiger charge is 2.50. The van der Waals surface area contributed by atoms with Gasteiger partial charge in [0.1, 0.15) is 5.82 Å². The standard InChI is InChI=1S/C14H20N4O2/c1-7-4-5-9(13(16)19)14(17-7)18-11-10(15)8-3-2-6-20-12(8)11/h4-5,8,10-12H,2-3,6,15H2,1H3,(H2,16,19)(H,17,18). The highest BCUT2D eigenvalue weighted by Crippen LogP contribution is 2.38. The Morgan fingerprint density at radius 1 is 1.50 bits per heavy atom. The van der Waals surface area contributed by atoms with Crippen molar-refractivity contribution >= 4 is 11.7 Å². The Balaban J connectivity index is 1.81. The van der Waals surface area contributed by atoms with Crippen LogP contribution >= 0.6 is 0 Å². The van der Waals surface area contributed by atoms with E-state index in [0.717, 1.165) is 25.1 Å². The molecule has 1 aromatic heterocycles. The van der Waals surface area contributed by atoms with Crippen molar-refractivity contribution in [2.75, 3.05) is 11.9 Å². The second kappa shape index (κ2) is 5.03. The maximum atomic E-state index is 11.5. The zero-order valence-corrected chi connectivity index (χ0v) is 11.5. The van der Waals surface area contributed by atoms with Crippen LogP contribution in [0.25, 0.3) is 0 Å². The highest BCUT2D eigenvalue weighted by molar-refractivity contribution is 5.97. The predicted molar refractivity (Wildman–Crippen MR) is 75.3 cm³/mol. The summed E-state index contributed by atoms with van der Waals surface area (Å²) in [5.41, 5.74) is 12.8. The van der Waals surface area contributed by atoms with Crippen LogP contribution in [0.3, 0.4) is 0 Å². The summed E-state index contributed by atoms with van der Waals surface area (Å²) in [5, 5.41) is 3.26. The van der Waals surface area contributed by atoms with Crippen LogP contribution in [-0.2, 0) is 4.74 Å². The predicted octanol–water partition coefficient (Wildman–Crippen LogP) is 0.406. The number of pyridine rings is 1. The van der Waals surface area contributed by atoms with Crippen molar-refractivity contribution in [1.29, 1.82) is 0 Å². The molecule has 108 valence electrons. The summed E-state index contributed by atoms with van der Waals surface area (Å²) in [6, 6.07) is 3.48. The zero-order chi connectivity index (χ0) is 14.3. The summed E-state index contributed by atoms with van der Waals surface area (Å²) in [4.78, 5) is 15.8. The van der Waals surface area contributed by atoms with Crippen molar-refractivity contribution in [3.05, 3.63) is 23.4 Å². The number of fused-ring (bicyclic) bond motifs is 1. The maximum Gasteiger partial charge on any atom is 0.252 e. The Labute approximate surface area is 117 Å². The van der Waals surface area contributed by atoms with Gasteiger partial charge in [-0.15, -0.1) is 0 Å². The summed E-state index contributed by atoms with van der Waals surface area (Å²) < 4.78 is 5.78. The number of nitrogens with two attached hydrogens (primary N) is 2. The fourth-order valence-electron chi connectivity index (χ4n) is 3.15. The van der Waals surface area contributed by atoms with E-state index < -0.39 is 5.91 Å². The molecule has 4 atom stereocenters. The van der Waals surface area contributed by atoms with Crippen LogP contribution in [0.4, 0.5) is 5.82 Å². The van der Waals surface area contributed by atoms with Crippen molar-refractivity contribution in [3.8, 4) is 0 Å². The second-order valence-corrected chi connectivity index (χ2v) is 5.60. The Kier molecular flexibility index (Phi) is 3.35. The number of rotatable bonds is 3. The van der Waals surface area contributed by atoms with Gasteiger partial charge in [-0.25, -0.2) is 4.98 Å². The number of amides is 1. The van der Waals surface area contributed by atoms with Gasteiger partial charge in [-0.1, -0.05) is 0 Å². The van der Waals surface area contributed by atoms with Crippen LogP contribution in [0, 0.1) is 12.8 Å². The minimum Gasteiger partial charge on any atom is -0.376 e. The smallest absolute Gasteiger partial charge is 0.252 e. The van der Waals surface area contributed by atoms with E-state index >= 15 is 0 Å². The lowest BCUT2D eigenvalue weighted by Gasteiger charge is -2.52. The number of primary amides is 1. The topological polar surface area (TPSA) is 103 Å². The van der Waals surface area contributed by atoms with Crippen LogP contribution < -0.4 is 16.8 Å². The molecule has 0 radical (unpaired) electrons. The Morgan fingerprint density at radius 3 is 3.05 bits per heavy atom. The molecule has 5 N–H and O–H groups in total. The third kappa shape index (κ3) is 2.14. The second-order valence-electron chi connectivity index (χ2n) is 5.60. The van der Waals surface area contributed by atoms with Crippen molar-refractivity contribution in [2.45, 2.75) is 38.0 Å². The Morgan fingerprint density at radius 2 is 2.30 bits per heavy atom. The van der Waals surface area contributed by atoms with Crippen molar-refractivity contribution in [1.82, 2.24) is 4.98 Å². The number of carbonyl (C=O) groups is 1. The average Bonchev–Trinajstić information content (AvgIpc) is 2.44. The lowest BCUT2D eigenvalue weighted by molar-refractivity contribution is -0.104. The summed E-state index contributed by atoms with van der Waals surface area (Å²) in [6.45, 7) is 2.65. The van der Waals surface area contributed by atoms with Gasteiger partial charge < -0.3 is 21.5 Å². The normalized spacial score (nSPS) is 32.1. The van der Waals surface area contributed by atoms with Gasteiger partial charge in [-0.2, -0.15) is 0 Å². The molecule has 1 aliphatic carbocycles. The molecule has 6 heteroatoms. The molecule has 0 bridgehead atoms. The number of aromatic nitrogens is 1. The number of ether oxygens (including phenoxy) is 1. The van der Waals surface area contributed by atoms with Crippen LogP contribution in [0.1, 0.15) is 28.9 Å². The fourth-order valence-corrected chi connectivity index (χ4v) is 3.15. The molecule has 2 aliphatic rings. The summed E-state index contributed by atoms with van der Waals surface area (Å²) >= 11 is 0. The molecule has 2 fully saturated rings. The van der Waals surface area contributed by atoms with E-state index in [-0.39, 0.29) is 18.2 Å². The summed E-state index contributed by atoms with van der Waals surface area (Å²) in [5.74, 6) is 0.419. The minimum absolute atomic E-state index is 0.00676. The van der Waals surface area contributed by atoms with E-state index in [4.69, 9.17) is 16.2 Å². The first-order valence-electron chi connectivity index (χ1n) is 6.99. The molecule has 4 unspecified atom stereocenters. The minimum atomic E-state index is -0.492. The van der Waals surface area contributed by atoms with E-state index in [1.165, 1.54) is 0 Å². The number of anilines is 1. The van der Waals surface area contributed by atoms with Crippen molar-refractivity contribution < 1.29 is 9.53 Å². The van der Waals surface area contributed by atoms with Gasteiger partial charge in [0.25, 0.3) is 5.91 Å². The van der Waals surface area contributed by atoms with E-state index in [9.17, 15) is 4.79 Å². The average molecular weight is 276 g/mol. The molecule has 2 heterocycles. The first-order valence-corrected chi connectivity index (χ1v) is 6.99. The summed E-state index contributed by atoms with van der Waals surface area (Å²) in [7, 11) is 0. The molecule has 3 rings (SSSR count). The third-order valence-corrected chi connectivity index (χ3v) is 4.28. The molecule has 6 nitrogen and oxygen atoms in total.